The summed E-state index contributed by atoms with van der Waals surface area (Å²) < 4.78 is 13.5. The topological polar surface area (TPSA) is 63.8 Å². The van der Waals surface area contributed by atoms with Gasteiger partial charge in [0, 0.05) is 17.7 Å². The first-order valence-electron chi connectivity index (χ1n) is 6.29. The van der Waals surface area contributed by atoms with E-state index in [9.17, 15) is 4.39 Å². The van der Waals surface area contributed by atoms with Crippen molar-refractivity contribution < 1.29 is 4.39 Å². The van der Waals surface area contributed by atoms with E-state index in [1.165, 1.54) is 6.07 Å². The van der Waals surface area contributed by atoms with Gasteiger partial charge in [-0.25, -0.2) is 14.4 Å². The molecule has 19 heavy (non-hydrogen) atoms. The van der Waals surface area contributed by atoms with Gasteiger partial charge in [0.15, 0.2) is 0 Å². The lowest BCUT2D eigenvalue weighted by atomic mass is 10.2. The summed E-state index contributed by atoms with van der Waals surface area (Å²) in [6.45, 7) is 1.73. The van der Waals surface area contributed by atoms with Crippen molar-refractivity contribution in [3.63, 3.8) is 0 Å². The van der Waals surface area contributed by atoms with Gasteiger partial charge in [0.25, 0.3) is 0 Å². The molecule has 5 heteroatoms. The van der Waals surface area contributed by atoms with Gasteiger partial charge >= 0.3 is 0 Å². The average Bonchev–Trinajstić information content (AvgIpc) is 3.17. The van der Waals surface area contributed by atoms with Gasteiger partial charge < -0.3 is 11.1 Å². The highest BCUT2D eigenvalue weighted by atomic mass is 19.1. The van der Waals surface area contributed by atoms with Gasteiger partial charge in [0.2, 0.25) is 0 Å². The monoisotopic (exact) mass is 258 g/mol. The normalized spacial score (nSPS) is 14.4. The van der Waals surface area contributed by atoms with E-state index in [1.807, 2.05) is 6.07 Å². The molecule has 0 unspecified atom stereocenters. The van der Waals surface area contributed by atoms with Crippen LogP contribution in [0.3, 0.4) is 0 Å². The number of aryl methyl sites for hydroxylation is 1. The van der Waals surface area contributed by atoms with E-state index in [2.05, 4.69) is 15.3 Å². The van der Waals surface area contributed by atoms with Crippen molar-refractivity contribution in [3.8, 4) is 0 Å². The smallest absolute Gasteiger partial charge is 0.136 e. The Hall–Kier alpha value is -2.17. The van der Waals surface area contributed by atoms with E-state index in [-0.39, 0.29) is 5.82 Å². The molecule has 0 spiro atoms. The molecule has 1 aromatic carbocycles. The molecule has 0 aliphatic heterocycles. The van der Waals surface area contributed by atoms with Gasteiger partial charge in [0.05, 0.1) is 0 Å². The fourth-order valence-electron chi connectivity index (χ4n) is 1.89. The molecule has 0 bridgehead atoms. The molecule has 3 rings (SSSR count). The van der Waals surface area contributed by atoms with Crippen LogP contribution in [0.15, 0.2) is 24.3 Å². The van der Waals surface area contributed by atoms with E-state index >= 15 is 0 Å². The summed E-state index contributed by atoms with van der Waals surface area (Å²) in [6, 6.07) is 6.64. The first kappa shape index (κ1) is 11.9. The zero-order chi connectivity index (χ0) is 13.4. The molecule has 1 heterocycles. The number of rotatable bonds is 3. The highest BCUT2D eigenvalue weighted by Gasteiger charge is 2.27. The Morgan fingerprint density at radius 2 is 2.05 bits per heavy atom. The molecule has 0 amide bonds. The first-order valence-corrected chi connectivity index (χ1v) is 6.29. The number of hydrogen-bond donors (Lipinski definition) is 2. The molecule has 98 valence electrons. The minimum absolute atomic E-state index is 0.241. The summed E-state index contributed by atoms with van der Waals surface area (Å²) in [4.78, 5) is 8.64. The van der Waals surface area contributed by atoms with Crippen LogP contribution in [0.2, 0.25) is 0 Å². The molecule has 1 aliphatic carbocycles. The Labute approximate surface area is 110 Å². The van der Waals surface area contributed by atoms with Gasteiger partial charge in [0.1, 0.15) is 23.3 Å². The zero-order valence-corrected chi connectivity index (χ0v) is 10.7. The molecule has 0 atom stereocenters. The lowest BCUT2D eigenvalue weighted by molar-refractivity contribution is 0.619. The van der Waals surface area contributed by atoms with Gasteiger partial charge in [-0.15, -0.1) is 0 Å². The average molecular weight is 258 g/mol. The van der Waals surface area contributed by atoms with Crippen LogP contribution in [-0.2, 0) is 0 Å². The zero-order valence-electron chi connectivity index (χ0n) is 10.7. The Bertz CT molecular complexity index is 623. The third-order valence-electron chi connectivity index (χ3n) is 3.15. The fourth-order valence-corrected chi connectivity index (χ4v) is 1.89. The summed E-state index contributed by atoms with van der Waals surface area (Å²) in [6.07, 6.45) is 2.23. The number of benzene rings is 1. The number of nitrogens with one attached hydrogen (secondary N) is 1. The van der Waals surface area contributed by atoms with Crippen LogP contribution in [0.5, 0.6) is 0 Å². The number of hydrogen-bond acceptors (Lipinski definition) is 4. The fraction of sp³-hybridized carbons (Fsp3) is 0.286. The van der Waals surface area contributed by atoms with Crippen molar-refractivity contribution in [2.24, 2.45) is 0 Å². The quantitative estimate of drug-likeness (QED) is 0.887. The van der Waals surface area contributed by atoms with Crippen molar-refractivity contribution >= 4 is 17.3 Å². The maximum Gasteiger partial charge on any atom is 0.136 e. The van der Waals surface area contributed by atoms with Crippen molar-refractivity contribution in [2.45, 2.75) is 25.7 Å². The lowest BCUT2D eigenvalue weighted by Gasteiger charge is -2.08. The first-order chi connectivity index (χ1) is 9.11. The molecule has 1 aromatic heterocycles. The Morgan fingerprint density at radius 1 is 1.26 bits per heavy atom. The van der Waals surface area contributed by atoms with Crippen LogP contribution in [0, 0.1) is 12.7 Å². The van der Waals surface area contributed by atoms with Crippen molar-refractivity contribution in [3.05, 3.63) is 41.5 Å². The molecule has 4 nitrogen and oxygen atoms in total. The second-order valence-corrected chi connectivity index (χ2v) is 4.90. The van der Waals surface area contributed by atoms with Crippen molar-refractivity contribution in [1.82, 2.24) is 9.97 Å². The third-order valence-corrected chi connectivity index (χ3v) is 3.15. The lowest BCUT2D eigenvalue weighted by Crippen LogP contribution is -2.03. The molecule has 1 fully saturated rings. The van der Waals surface area contributed by atoms with Gasteiger partial charge in [-0.05, 0) is 37.5 Å². The number of halogens is 1. The van der Waals surface area contributed by atoms with Gasteiger partial charge in [-0.2, -0.15) is 0 Å². The minimum atomic E-state index is -0.241. The number of nitrogens with two attached hydrogens (primary N) is 1. The second-order valence-electron chi connectivity index (χ2n) is 4.90. The third kappa shape index (κ3) is 2.65. The standard InChI is InChI=1S/C14H15FN4/c1-8-2-5-10(6-11(8)15)17-13-7-12(16)18-14(19-13)9-3-4-9/h2,5-7,9H,3-4H2,1H3,(H3,16,17,18,19). The van der Waals surface area contributed by atoms with E-state index in [1.54, 1.807) is 19.1 Å². The molecule has 3 N–H and O–H groups in total. The number of anilines is 3. The van der Waals surface area contributed by atoms with Crippen molar-refractivity contribution in [2.75, 3.05) is 11.1 Å². The van der Waals surface area contributed by atoms with Gasteiger partial charge in [-0.1, -0.05) is 6.07 Å². The van der Waals surface area contributed by atoms with Crippen LogP contribution in [0.4, 0.5) is 21.7 Å². The highest BCUT2D eigenvalue weighted by molar-refractivity contribution is 5.59. The Balaban J connectivity index is 1.87. The number of nitrogens with zero attached hydrogens (tertiary/aromatic N) is 2. The summed E-state index contributed by atoms with van der Waals surface area (Å²) in [5.41, 5.74) is 7.04. The SMILES string of the molecule is Cc1ccc(Nc2cc(N)nc(C3CC3)n2)cc1F. The van der Waals surface area contributed by atoms with E-state index in [0.717, 1.165) is 18.7 Å². The van der Waals surface area contributed by atoms with Crippen LogP contribution < -0.4 is 11.1 Å². The predicted octanol–water partition coefficient (Wildman–Crippen LogP) is 3.13. The Kier molecular flexibility index (Phi) is 2.81. The Morgan fingerprint density at radius 3 is 2.74 bits per heavy atom. The van der Waals surface area contributed by atoms with E-state index in [4.69, 9.17) is 5.73 Å². The summed E-state index contributed by atoms with van der Waals surface area (Å²) in [5, 5.41) is 3.06. The second kappa shape index (κ2) is 4.50. The molecule has 0 saturated heterocycles. The molecule has 1 saturated carbocycles. The summed E-state index contributed by atoms with van der Waals surface area (Å²) >= 11 is 0. The minimum Gasteiger partial charge on any atom is -0.384 e. The maximum atomic E-state index is 13.5. The summed E-state index contributed by atoms with van der Waals surface area (Å²) in [5.74, 6) is 2.01. The van der Waals surface area contributed by atoms with Crippen LogP contribution in [0.1, 0.15) is 30.1 Å². The highest BCUT2D eigenvalue weighted by Crippen LogP contribution is 2.38. The molecular weight excluding hydrogens is 243 g/mol. The largest absolute Gasteiger partial charge is 0.384 e. The molecule has 0 radical (unpaired) electrons. The van der Waals surface area contributed by atoms with Gasteiger partial charge in [-0.3, -0.25) is 0 Å². The number of nitrogen functional groups attached to an aromatic ring is 1. The number of aromatic nitrogens is 2. The van der Waals surface area contributed by atoms with E-state index < -0.39 is 0 Å². The van der Waals surface area contributed by atoms with Crippen molar-refractivity contribution in [1.29, 1.82) is 0 Å². The maximum absolute atomic E-state index is 13.5. The molecule has 1 aliphatic rings. The molecular formula is C14H15FN4. The van der Waals surface area contributed by atoms with Crippen LogP contribution in [0.25, 0.3) is 0 Å². The van der Waals surface area contributed by atoms with E-state index in [0.29, 0.717) is 28.8 Å². The molecule has 2 aromatic rings. The van der Waals surface area contributed by atoms with Crippen LogP contribution >= 0.6 is 0 Å². The predicted molar refractivity (Wildman–Crippen MR) is 72.8 cm³/mol. The van der Waals surface area contributed by atoms with Crippen LogP contribution in [-0.4, -0.2) is 9.97 Å². The summed E-state index contributed by atoms with van der Waals surface area (Å²) in [7, 11) is 0.